The predicted molar refractivity (Wildman–Crippen MR) is 77.1 cm³/mol. The van der Waals surface area contributed by atoms with E-state index in [1.165, 1.54) is 6.26 Å². The average Bonchev–Trinajstić information content (AvgIpc) is 3.19. The number of hydrogen-bond donors (Lipinski definition) is 1. The minimum absolute atomic E-state index is 0.173. The number of oxazole rings is 1. The SMILES string of the molecule is CCOC(=O)c1coc(Cc2ccc(-c3cn[nH]c3)cn2)n1. The van der Waals surface area contributed by atoms with Crippen molar-refractivity contribution in [2.75, 3.05) is 6.61 Å². The Kier molecular flexibility index (Phi) is 3.95. The molecule has 112 valence electrons. The lowest BCUT2D eigenvalue weighted by molar-refractivity contribution is 0.0519. The standard InChI is InChI=1S/C15H14N4O3/c1-2-21-15(20)13-9-22-14(19-13)5-12-4-3-10(6-16-12)11-7-17-18-8-11/h3-4,6-9H,2,5H2,1H3,(H,17,18). The van der Waals surface area contributed by atoms with Crippen LogP contribution in [0.15, 0.2) is 41.4 Å². The van der Waals surface area contributed by atoms with Crippen molar-refractivity contribution in [3.63, 3.8) is 0 Å². The molecule has 0 saturated carbocycles. The molecule has 0 amide bonds. The molecule has 0 radical (unpaired) electrons. The van der Waals surface area contributed by atoms with Gasteiger partial charge in [0.25, 0.3) is 0 Å². The van der Waals surface area contributed by atoms with E-state index in [1.54, 1.807) is 25.5 Å². The van der Waals surface area contributed by atoms with E-state index in [1.807, 2.05) is 12.1 Å². The second kappa shape index (κ2) is 6.21. The van der Waals surface area contributed by atoms with Crippen LogP contribution >= 0.6 is 0 Å². The summed E-state index contributed by atoms with van der Waals surface area (Å²) in [6, 6.07) is 3.83. The summed E-state index contributed by atoms with van der Waals surface area (Å²) in [6.07, 6.45) is 7.00. The first-order valence-electron chi connectivity index (χ1n) is 6.82. The number of H-pyrrole nitrogens is 1. The van der Waals surface area contributed by atoms with E-state index in [2.05, 4.69) is 20.2 Å². The van der Waals surface area contributed by atoms with Crippen LogP contribution in [0.5, 0.6) is 0 Å². The Morgan fingerprint density at radius 3 is 2.91 bits per heavy atom. The van der Waals surface area contributed by atoms with Crippen molar-refractivity contribution in [2.45, 2.75) is 13.3 Å². The number of aromatic nitrogens is 4. The third-order valence-corrected chi connectivity index (χ3v) is 3.02. The van der Waals surface area contributed by atoms with Gasteiger partial charge in [0.1, 0.15) is 6.26 Å². The number of aromatic amines is 1. The fourth-order valence-corrected chi connectivity index (χ4v) is 1.95. The van der Waals surface area contributed by atoms with Gasteiger partial charge in [-0.05, 0) is 13.0 Å². The normalized spacial score (nSPS) is 10.6. The van der Waals surface area contributed by atoms with Crippen LogP contribution in [0.1, 0.15) is 29.0 Å². The van der Waals surface area contributed by atoms with Crippen LogP contribution in [0.3, 0.4) is 0 Å². The summed E-state index contributed by atoms with van der Waals surface area (Å²) in [5.74, 6) is -0.0626. The minimum atomic E-state index is -0.485. The summed E-state index contributed by atoms with van der Waals surface area (Å²) in [4.78, 5) is 20.0. The smallest absolute Gasteiger partial charge is 0.360 e. The van der Waals surface area contributed by atoms with Crippen LogP contribution in [-0.2, 0) is 11.2 Å². The highest BCUT2D eigenvalue weighted by Crippen LogP contribution is 2.17. The minimum Gasteiger partial charge on any atom is -0.461 e. The molecule has 0 aliphatic heterocycles. The molecular weight excluding hydrogens is 284 g/mol. The Hall–Kier alpha value is -2.96. The van der Waals surface area contributed by atoms with Crippen molar-refractivity contribution in [1.82, 2.24) is 20.2 Å². The Labute approximate surface area is 126 Å². The molecule has 3 aromatic heterocycles. The van der Waals surface area contributed by atoms with Crippen molar-refractivity contribution in [2.24, 2.45) is 0 Å². The Bertz CT molecular complexity index is 747. The van der Waals surface area contributed by atoms with Gasteiger partial charge in [-0.1, -0.05) is 6.07 Å². The van der Waals surface area contributed by atoms with Crippen LogP contribution in [0.2, 0.25) is 0 Å². The van der Waals surface area contributed by atoms with Gasteiger partial charge in [0, 0.05) is 29.2 Å². The lowest BCUT2D eigenvalue weighted by Crippen LogP contribution is -2.05. The molecular formula is C15H14N4O3. The van der Waals surface area contributed by atoms with E-state index < -0.39 is 5.97 Å². The fourth-order valence-electron chi connectivity index (χ4n) is 1.95. The van der Waals surface area contributed by atoms with Gasteiger partial charge in [0.2, 0.25) is 5.89 Å². The van der Waals surface area contributed by atoms with Crippen molar-refractivity contribution in [3.8, 4) is 11.1 Å². The first-order chi connectivity index (χ1) is 10.8. The lowest BCUT2D eigenvalue weighted by Gasteiger charge is -1.99. The van der Waals surface area contributed by atoms with Gasteiger partial charge in [-0.2, -0.15) is 5.10 Å². The second-order valence-electron chi connectivity index (χ2n) is 4.55. The maximum Gasteiger partial charge on any atom is 0.360 e. The van der Waals surface area contributed by atoms with E-state index in [0.717, 1.165) is 16.8 Å². The zero-order valence-corrected chi connectivity index (χ0v) is 11.9. The molecule has 7 nitrogen and oxygen atoms in total. The third-order valence-electron chi connectivity index (χ3n) is 3.02. The van der Waals surface area contributed by atoms with Gasteiger partial charge < -0.3 is 9.15 Å². The van der Waals surface area contributed by atoms with E-state index in [9.17, 15) is 4.79 Å². The van der Waals surface area contributed by atoms with Crippen molar-refractivity contribution in [1.29, 1.82) is 0 Å². The second-order valence-corrected chi connectivity index (χ2v) is 4.55. The highest BCUT2D eigenvalue weighted by Gasteiger charge is 2.13. The molecule has 0 aliphatic carbocycles. The number of carbonyl (C=O) groups excluding carboxylic acids is 1. The zero-order valence-electron chi connectivity index (χ0n) is 11.9. The van der Waals surface area contributed by atoms with E-state index in [0.29, 0.717) is 18.9 Å². The van der Waals surface area contributed by atoms with Crippen molar-refractivity contribution in [3.05, 3.63) is 54.3 Å². The zero-order chi connectivity index (χ0) is 15.4. The van der Waals surface area contributed by atoms with Crippen molar-refractivity contribution >= 4 is 5.97 Å². The summed E-state index contributed by atoms with van der Waals surface area (Å²) < 4.78 is 10.1. The summed E-state index contributed by atoms with van der Waals surface area (Å²) in [7, 11) is 0. The summed E-state index contributed by atoms with van der Waals surface area (Å²) in [6.45, 7) is 2.04. The predicted octanol–water partition coefficient (Wildman–Crippen LogP) is 2.23. The highest BCUT2D eigenvalue weighted by molar-refractivity contribution is 5.86. The number of ether oxygens (including phenoxy) is 1. The van der Waals surface area contributed by atoms with Gasteiger partial charge >= 0.3 is 5.97 Å². The molecule has 3 rings (SSSR count). The van der Waals surface area contributed by atoms with Gasteiger partial charge in [-0.25, -0.2) is 9.78 Å². The number of nitrogens with one attached hydrogen (secondary N) is 1. The van der Waals surface area contributed by atoms with E-state index in [-0.39, 0.29) is 5.69 Å². The van der Waals surface area contributed by atoms with Gasteiger partial charge in [-0.3, -0.25) is 10.1 Å². The first-order valence-corrected chi connectivity index (χ1v) is 6.82. The molecule has 0 atom stereocenters. The summed E-state index contributed by atoms with van der Waals surface area (Å²) in [5.41, 5.74) is 2.91. The molecule has 7 heteroatoms. The molecule has 0 saturated heterocycles. The Morgan fingerprint density at radius 2 is 2.23 bits per heavy atom. The van der Waals surface area contributed by atoms with Crippen LogP contribution in [0.25, 0.3) is 11.1 Å². The molecule has 0 aliphatic rings. The average molecular weight is 298 g/mol. The monoisotopic (exact) mass is 298 g/mol. The van der Waals surface area contributed by atoms with E-state index in [4.69, 9.17) is 9.15 Å². The fraction of sp³-hybridized carbons (Fsp3) is 0.200. The maximum absolute atomic E-state index is 11.5. The van der Waals surface area contributed by atoms with Gasteiger partial charge in [0.15, 0.2) is 5.69 Å². The first kappa shape index (κ1) is 14.0. The lowest BCUT2D eigenvalue weighted by atomic mass is 10.1. The highest BCUT2D eigenvalue weighted by atomic mass is 16.5. The topological polar surface area (TPSA) is 93.9 Å². The molecule has 1 N–H and O–H groups in total. The van der Waals surface area contributed by atoms with Crippen LogP contribution in [-0.4, -0.2) is 32.7 Å². The number of nitrogens with zero attached hydrogens (tertiary/aromatic N) is 3. The van der Waals surface area contributed by atoms with Crippen LogP contribution < -0.4 is 0 Å². The molecule has 22 heavy (non-hydrogen) atoms. The third kappa shape index (κ3) is 3.03. The van der Waals surface area contributed by atoms with Gasteiger partial charge in [-0.15, -0.1) is 0 Å². The maximum atomic E-state index is 11.5. The number of carbonyl (C=O) groups is 1. The summed E-state index contributed by atoms with van der Waals surface area (Å²) >= 11 is 0. The number of pyridine rings is 1. The number of rotatable bonds is 5. The molecule has 0 bridgehead atoms. The van der Waals surface area contributed by atoms with E-state index >= 15 is 0 Å². The number of esters is 1. The molecule has 0 spiro atoms. The molecule has 0 aromatic carbocycles. The van der Waals surface area contributed by atoms with Crippen LogP contribution in [0.4, 0.5) is 0 Å². The largest absolute Gasteiger partial charge is 0.461 e. The van der Waals surface area contributed by atoms with Crippen molar-refractivity contribution < 1.29 is 13.9 Å². The Balaban J connectivity index is 1.70. The quantitative estimate of drug-likeness (QED) is 0.726. The Morgan fingerprint density at radius 1 is 1.32 bits per heavy atom. The van der Waals surface area contributed by atoms with Gasteiger partial charge in [0.05, 0.1) is 19.2 Å². The summed E-state index contributed by atoms with van der Waals surface area (Å²) in [5, 5.41) is 6.66. The molecule has 0 unspecified atom stereocenters. The molecule has 3 aromatic rings. The molecule has 3 heterocycles. The molecule has 0 fully saturated rings. The number of hydrogen-bond acceptors (Lipinski definition) is 6. The van der Waals surface area contributed by atoms with Crippen LogP contribution in [0, 0.1) is 0 Å².